The molecule has 0 aliphatic carbocycles. The van der Waals surface area contributed by atoms with Gasteiger partial charge in [-0.3, -0.25) is 0 Å². The lowest BCUT2D eigenvalue weighted by molar-refractivity contribution is 0.416. The van der Waals surface area contributed by atoms with E-state index in [-0.39, 0.29) is 0 Å². The van der Waals surface area contributed by atoms with Crippen molar-refractivity contribution in [3.05, 3.63) is 84.7 Å². The number of benzene rings is 3. The highest BCUT2D eigenvalue weighted by molar-refractivity contribution is 5.81. The number of anilines is 5. The van der Waals surface area contributed by atoms with Crippen LogP contribution in [0.4, 0.5) is 28.7 Å². The predicted octanol–water partition coefficient (Wildman–Crippen LogP) is 5.66. The van der Waals surface area contributed by atoms with Crippen LogP contribution < -0.4 is 25.8 Å². The lowest BCUT2D eigenvalue weighted by atomic mass is 10.2. The Morgan fingerprint density at radius 2 is 1.48 bits per heavy atom. The van der Waals surface area contributed by atoms with E-state index in [0.29, 0.717) is 23.1 Å². The molecule has 4 aromatic rings. The van der Waals surface area contributed by atoms with Gasteiger partial charge in [-0.2, -0.15) is 0 Å². The van der Waals surface area contributed by atoms with Gasteiger partial charge in [0, 0.05) is 5.69 Å². The van der Waals surface area contributed by atoms with Gasteiger partial charge in [0.05, 0.1) is 12.8 Å². The zero-order valence-corrected chi connectivity index (χ0v) is 17.3. The Morgan fingerprint density at radius 1 is 0.806 bits per heavy atom. The second-order valence-corrected chi connectivity index (χ2v) is 6.88. The Balaban J connectivity index is 1.50. The number of nitrogens with zero attached hydrogens (tertiary/aromatic N) is 2. The summed E-state index contributed by atoms with van der Waals surface area (Å²) in [6.07, 6.45) is 1.45. The zero-order valence-electron chi connectivity index (χ0n) is 17.3. The van der Waals surface area contributed by atoms with E-state index in [2.05, 4.69) is 20.6 Å². The second-order valence-electron chi connectivity index (χ2n) is 6.88. The molecule has 4 N–H and O–H groups in total. The number of methoxy groups -OCH3 is 1. The van der Waals surface area contributed by atoms with Crippen LogP contribution in [0.25, 0.3) is 0 Å². The van der Waals surface area contributed by atoms with Gasteiger partial charge in [-0.05, 0) is 61.0 Å². The highest BCUT2D eigenvalue weighted by Gasteiger charge is 2.11. The summed E-state index contributed by atoms with van der Waals surface area (Å²) < 4.78 is 11.2. The van der Waals surface area contributed by atoms with E-state index >= 15 is 0 Å². The fourth-order valence-corrected chi connectivity index (χ4v) is 3.01. The number of nitrogens with two attached hydrogens (primary N) is 1. The Hall–Kier alpha value is -4.26. The normalized spacial score (nSPS) is 10.4. The van der Waals surface area contributed by atoms with Gasteiger partial charge in [-0.25, -0.2) is 9.97 Å². The smallest absolute Gasteiger partial charge is 0.159 e. The Bertz CT molecular complexity index is 1160. The monoisotopic (exact) mass is 413 g/mol. The number of aryl methyl sites for hydroxylation is 1. The van der Waals surface area contributed by atoms with Crippen LogP contribution in [0.1, 0.15) is 5.56 Å². The van der Waals surface area contributed by atoms with E-state index in [1.165, 1.54) is 6.33 Å². The first-order chi connectivity index (χ1) is 15.1. The molecule has 7 nitrogen and oxygen atoms in total. The summed E-state index contributed by atoms with van der Waals surface area (Å²) in [6, 6.07) is 23.0. The van der Waals surface area contributed by atoms with Crippen molar-refractivity contribution in [2.24, 2.45) is 0 Å². The molecule has 7 heteroatoms. The summed E-state index contributed by atoms with van der Waals surface area (Å²) in [5.41, 5.74) is 9.42. The van der Waals surface area contributed by atoms with E-state index in [0.717, 1.165) is 28.4 Å². The molecule has 0 saturated carbocycles. The third kappa shape index (κ3) is 4.84. The summed E-state index contributed by atoms with van der Waals surface area (Å²) in [4.78, 5) is 8.56. The Morgan fingerprint density at radius 3 is 2.19 bits per heavy atom. The number of hydrogen-bond donors (Lipinski definition) is 3. The van der Waals surface area contributed by atoms with Gasteiger partial charge in [0.25, 0.3) is 0 Å². The minimum absolute atomic E-state index is 0.399. The minimum Gasteiger partial charge on any atom is -0.495 e. The molecule has 0 amide bonds. The average Bonchev–Trinajstić information content (AvgIpc) is 2.79. The predicted molar refractivity (Wildman–Crippen MR) is 124 cm³/mol. The molecule has 4 rings (SSSR count). The van der Waals surface area contributed by atoms with Crippen molar-refractivity contribution in [3.63, 3.8) is 0 Å². The van der Waals surface area contributed by atoms with E-state index in [4.69, 9.17) is 15.2 Å². The molecule has 1 aromatic heterocycles. The molecule has 0 aliphatic heterocycles. The first kappa shape index (κ1) is 20.0. The molecule has 3 aromatic carbocycles. The summed E-state index contributed by atoms with van der Waals surface area (Å²) in [5.74, 6) is 3.21. The van der Waals surface area contributed by atoms with Crippen LogP contribution in [0.5, 0.6) is 17.2 Å². The summed E-state index contributed by atoms with van der Waals surface area (Å²) in [5, 5.41) is 6.46. The lowest BCUT2D eigenvalue weighted by Crippen LogP contribution is -2.06. The standard InChI is InChI=1S/C24H23N5O2/c1-16-8-13-21(30-2)20(14-16)29-24-22(25)23(26-15-27-24)28-17-9-11-19(12-10-17)31-18-6-4-3-5-7-18/h3-15H,25H2,1-2H3,(H2,26,27,28,29). The molecular formula is C24H23N5O2. The molecule has 0 unspecified atom stereocenters. The maximum Gasteiger partial charge on any atom is 0.159 e. The number of hydrogen-bond acceptors (Lipinski definition) is 7. The molecule has 0 atom stereocenters. The molecule has 0 aliphatic rings. The van der Waals surface area contributed by atoms with Gasteiger partial charge in [0.1, 0.15) is 29.3 Å². The van der Waals surface area contributed by atoms with Crippen LogP contribution in [0.3, 0.4) is 0 Å². The Labute approximate surface area is 180 Å². The fourth-order valence-electron chi connectivity index (χ4n) is 3.01. The molecule has 156 valence electrons. The van der Waals surface area contributed by atoms with Gasteiger partial charge in [-0.15, -0.1) is 0 Å². The highest BCUT2D eigenvalue weighted by Crippen LogP contribution is 2.33. The van der Waals surface area contributed by atoms with Crippen molar-refractivity contribution in [2.45, 2.75) is 6.92 Å². The number of ether oxygens (including phenoxy) is 2. The van der Waals surface area contributed by atoms with Crippen LogP contribution in [-0.4, -0.2) is 17.1 Å². The number of aromatic nitrogens is 2. The largest absolute Gasteiger partial charge is 0.495 e. The number of rotatable bonds is 7. The molecule has 0 bridgehead atoms. The van der Waals surface area contributed by atoms with Gasteiger partial charge >= 0.3 is 0 Å². The number of para-hydroxylation sites is 1. The highest BCUT2D eigenvalue weighted by atomic mass is 16.5. The van der Waals surface area contributed by atoms with E-state index in [1.54, 1.807) is 7.11 Å². The first-order valence-electron chi connectivity index (χ1n) is 9.74. The van der Waals surface area contributed by atoms with Crippen molar-refractivity contribution >= 4 is 28.7 Å². The third-order valence-corrected chi connectivity index (χ3v) is 4.59. The van der Waals surface area contributed by atoms with Crippen LogP contribution in [0, 0.1) is 6.92 Å². The van der Waals surface area contributed by atoms with Gasteiger partial charge < -0.3 is 25.8 Å². The van der Waals surface area contributed by atoms with Gasteiger partial charge in [-0.1, -0.05) is 24.3 Å². The zero-order chi connectivity index (χ0) is 21.6. The topological polar surface area (TPSA) is 94.3 Å². The van der Waals surface area contributed by atoms with E-state index in [9.17, 15) is 0 Å². The van der Waals surface area contributed by atoms with Crippen LogP contribution in [0.2, 0.25) is 0 Å². The first-order valence-corrected chi connectivity index (χ1v) is 9.74. The summed E-state index contributed by atoms with van der Waals surface area (Å²) in [7, 11) is 1.62. The Kier molecular flexibility index (Phi) is 5.84. The van der Waals surface area contributed by atoms with Crippen molar-refractivity contribution in [3.8, 4) is 17.2 Å². The molecule has 1 heterocycles. The summed E-state index contributed by atoms with van der Waals surface area (Å²) in [6.45, 7) is 2.01. The maximum absolute atomic E-state index is 6.33. The summed E-state index contributed by atoms with van der Waals surface area (Å²) >= 11 is 0. The fraction of sp³-hybridized carbons (Fsp3) is 0.0833. The van der Waals surface area contributed by atoms with Crippen molar-refractivity contribution in [1.29, 1.82) is 0 Å². The molecule has 0 fully saturated rings. The number of nitrogens with one attached hydrogen (secondary N) is 2. The molecule has 0 saturated heterocycles. The van der Waals surface area contributed by atoms with Crippen LogP contribution in [0.15, 0.2) is 79.1 Å². The van der Waals surface area contributed by atoms with Crippen LogP contribution >= 0.6 is 0 Å². The third-order valence-electron chi connectivity index (χ3n) is 4.59. The van der Waals surface area contributed by atoms with E-state index in [1.807, 2.05) is 79.7 Å². The molecule has 0 radical (unpaired) electrons. The van der Waals surface area contributed by atoms with Gasteiger partial charge in [0.15, 0.2) is 11.6 Å². The molecule has 31 heavy (non-hydrogen) atoms. The minimum atomic E-state index is 0.399. The van der Waals surface area contributed by atoms with Crippen LogP contribution in [-0.2, 0) is 0 Å². The average molecular weight is 413 g/mol. The van der Waals surface area contributed by atoms with Gasteiger partial charge in [0.2, 0.25) is 0 Å². The molecular weight excluding hydrogens is 390 g/mol. The molecule has 0 spiro atoms. The lowest BCUT2D eigenvalue weighted by Gasteiger charge is -2.15. The number of nitrogen functional groups attached to an aromatic ring is 1. The van der Waals surface area contributed by atoms with E-state index < -0.39 is 0 Å². The quantitative estimate of drug-likeness (QED) is 0.360. The maximum atomic E-state index is 6.33. The van der Waals surface area contributed by atoms with Crippen molar-refractivity contribution in [2.75, 3.05) is 23.5 Å². The van der Waals surface area contributed by atoms with Crippen molar-refractivity contribution < 1.29 is 9.47 Å². The second kappa shape index (κ2) is 9.04. The van der Waals surface area contributed by atoms with Crippen molar-refractivity contribution in [1.82, 2.24) is 9.97 Å². The SMILES string of the molecule is COc1ccc(C)cc1Nc1ncnc(Nc2ccc(Oc3ccccc3)cc2)c1N.